The number of rotatable bonds is 5. The van der Waals surface area contributed by atoms with Gasteiger partial charge in [0.05, 0.1) is 26.8 Å². The number of nitrogens with one attached hydrogen (secondary N) is 1. The van der Waals surface area contributed by atoms with E-state index in [0.717, 1.165) is 9.99 Å². The van der Waals surface area contributed by atoms with Crippen molar-refractivity contribution in [3.63, 3.8) is 0 Å². The maximum absolute atomic E-state index is 10.9. The van der Waals surface area contributed by atoms with Gasteiger partial charge in [-0.25, -0.2) is 9.67 Å². The quantitative estimate of drug-likeness (QED) is 0.495. The predicted octanol–water partition coefficient (Wildman–Crippen LogP) is 2.60. The van der Waals surface area contributed by atoms with Gasteiger partial charge in [0.2, 0.25) is 0 Å². The molecule has 0 atom stereocenters. The summed E-state index contributed by atoms with van der Waals surface area (Å²) in [6, 6.07) is 2.83. The van der Waals surface area contributed by atoms with Gasteiger partial charge in [-0.05, 0) is 29.0 Å². The predicted molar refractivity (Wildman–Crippen MR) is 79.5 cm³/mol. The molecule has 0 saturated carbocycles. The van der Waals surface area contributed by atoms with Gasteiger partial charge in [-0.1, -0.05) is 6.92 Å². The number of pyridine rings is 1. The van der Waals surface area contributed by atoms with Gasteiger partial charge in [-0.2, -0.15) is 5.10 Å². The summed E-state index contributed by atoms with van der Waals surface area (Å²) >= 11 is 2.12. The van der Waals surface area contributed by atoms with Crippen molar-refractivity contribution < 1.29 is 4.92 Å². The molecule has 2 aromatic rings. The number of aromatic nitrogens is 3. The largest absolute Gasteiger partial charge is 0.370 e. The Bertz CT molecular complexity index is 599. The third kappa shape index (κ3) is 3.40. The number of hydrogen-bond donors (Lipinski definition) is 1. The molecule has 0 aliphatic rings. The van der Waals surface area contributed by atoms with E-state index in [4.69, 9.17) is 0 Å². The molecule has 100 valence electrons. The van der Waals surface area contributed by atoms with E-state index in [1.54, 1.807) is 12.4 Å². The van der Waals surface area contributed by atoms with Gasteiger partial charge >= 0.3 is 0 Å². The summed E-state index contributed by atoms with van der Waals surface area (Å²) < 4.78 is 2.46. The van der Waals surface area contributed by atoms with Crippen molar-refractivity contribution in [1.29, 1.82) is 0 Å². The van der Waals surface area contributed by atoms with Crippen LogP contribution in [-0.2, 0) is 0 Å². The second-order valence-electron chi connectivity index (χ2n) is 3.86. The Kier molecular flexibility index (Phi) is 4.30. The Morgan fingerprint density at radius 3 is 2.89 bits per heavy atom. The van der Waals surface area contributed by atoms with Crippen LogP contribution >= 0.6 is 22.6 Å². The summed E-state index contributed by atoms with van der Waals surface area (Å²) in [5.41, 5.74) is -0.00545. The van der Waals surface area contributed by atoms with E-state index in [9.17, 15) is 10.1 Å². The summed E-state index contributed by atoms with van der Waals surface area (Å²) in [5.74, 6) is 0.910. The van der Waals surface area contributed by atoms with Crippen molar-refractivity contribution >= 4 is 34.1 Å². The van der Waals surface area contributed by atoms with Crippen LogP contribution in [0.5, 0.6) is 0 Å². The van der Waals surface area contributed by atoms with Crippen LogP contribution in [0.2, 0.25) is 0 Å². The molecule has 0 radical (unpaired) electrons. The fraction of sp³-hybridized carbons (Fsp3) is 0.273. The summed E-state index contributed by atoms with van der Waals surface area (Å²) in [7, 11) is 0. The van der Waals surface area contributed by atoms with E-state index in [1.165, 1.54) is 16.8 Å². The second kappa shape index (κ2) is 5.95. The Hall–Kier alpha value is -1.71. The number of anilines is 1. The fourth-order valence-electron chi connectivity index (χ4n) is 1.49. The molecule has 2 rings (SSSR count). The van der Waals surface area contributed by atoms with Gasteiger partial charge in [-0.15, -0.1) is 0 Å². The van der Waals surface area contributed by atoms with Crippen LogP contribution < -0.4 is 5.32 Å². The molecule has 0 aliphatic carbocycles. The third-order valence-corrected chi connectivity index (χ3v) is 2.91. The first-order valence-electron chi connectivity index (χ1n) is 5.71. The van der Waals surface area contributed by atoms with E-state index in [0.29, 0.717) is 18.2 Å². The lowest BCUT2D eigenvalue weighted by molar-refractivity contribution is -0.384. The monoisotopic (exact) mass is 373 g/mol. The van der Waals surface area contributed by atoms with Crippen LogP contribution in [0.4, 0.5) is 11.5 Å². The Morgan fingerprint density at radius 1 is 1.53 bits per heavy atom. The molecule has 0 spiro atoms. The van der Waals surface area contributed by atoms with Crippen molar-refractivity contribution in [2.24, 2.45) is 0 Å². The van der Waals surface area contributed by atoms with Gasteiger partial charge in [0.1, 0.15) is 5.82 Å². The first-order chi connectivity index (χ1) is 9.10. The molecule has 0 amide bonds. The van der Waals surface area contributed by atoms with Crippen LogP contribution in [0.25, 0.3) is 5.82 Å². The van der Waals surface area contributed by atoms with Crippen molar-refractivity contribution in [3.05, 3.63) is 38.2 Å². The first-order valence-corrected chi connectivity index (χ1v) is 6.79. The van der Waals surface area contributed by atoms with Crippen LogP contribution in [-0.4, -0.2) is 26.2 Å². The zero-order valence-corrected chi connectivity index (χ0v) is 12.4. The maximum Gasteiger partial charge on any atom is 0.276 e. The van der Waals surface area contributed by atoms with E-state index < -0.39 is 4.92 Å². The molecule has 0 saturated heterocycles. The minimum absolute atomic E-state index is 0.00545. The number of hydrogen-bond acceptors (Lipinski definition) is 5. The highest BCUT2D eigenvalue weighted by Gasteiger charge is 2.12. The minimum atomic E-state index is -0.434. The second-order valence-corrected chi connectivity index (χ2v) is 5.10. The normalized spacial score (nSPS) is 10.4. The van der Waals surface area contributed by atoms with E-state index in [1.807, 2.05) is 6.92 Å². The zero-order chi connectivity index (χ0) is 13.8. The van der Waals surface area contributed by atoms with Gasteiger partial charge in [0.15, 0.2) is 5.82 Å². The summed E-state index contributed by atoms with van der Waals surface area (Å²) in [5, 5.41) is 18.1. The van der Waals surface area contributed by atoms with Gasteiger partial charge < -0.3 is 5.32 Å². The molecule has 8 heteroatoms. The lowest BCUT2D eigenvalue weighted by atomic mass is 10.3. The SMILES string of the molecule is CCCNc1cc([N+](=O)[O-])cc(-n2cc(I)cn2)n1. The van der Waals surface area contributed by atoms with Gasteiger partial charge in [0.25, 0.3) is 5.69 Å². The lowest BCUT2D eigenvalue weighted by Crippen LogP contribution is -2.06. The standard InChI is InChI=1S/C11H12IN5O2/c1-2-3-13-10-4-9(17(18)19)5-11(15-10)16-7-8(12)6-14-16/h4-7H,2-3H2,1H3,(H,13,15). The Morgan fingerprint density at radius 2 is 2.32 bits per heavy atom. The highest BCUT2D eigenvalue weighted by molar-refractivity contribution is 14.1. The van der Waals surface area contributed by atoms with Crippen molar-refractivity contribution in [2.75, 3.05) is 11.9 Å². The highest BCUT2D eigenvalue weighted by Crippen LogP contribution is 2.20. The van der Waals surface area contributed by atoms with E-state index >= 15 is 0 Å². The Labute approximate surface area is 123 Å². The molecular formula is C11H12IN5O2. The summed E-state index contributed by atoms with van der Waals surface area (Å²) in [4.78, 5) is 14.8. The molecule has 7 nitrogen and oxygen atoms in total. The molecule has 0 fully saturated rings. The van der Waals surface area contributed by atoms with Crippen molar-refractivity contribution in [3.8, 4) is 5.82 Å². The van der Waals surface area contributed by atoms with Crippen LogP contribution in [0.1, 0.15) is 13.3 Å². The van der Waals surface area contributed by atoms with Gasteiger partial charge in [-0.3, -0.25) is 10.1 Å². The third-order valence-electron chi connectivity index (χ3n) is 2.35. The first kappa shape index (κ1) is 13.7. The topological polar surface area (TPSA) is 85.9 Å². The average molecular weight is 373 g/mol. The minimum Gasteiger partial charge on any atom is -0.370 e. The van der Waals surface area contributed by atoms with E-state index in [-0.39, 0.29) is 5.69 Å². The molecule has 19 heavy (non-hydrogen) atoms. The van der Waals surface area contributed by atoms with E-state index in [2.05, 4.69) is 38.0 Å². The van der Waals surface area contributed by atoms with Crippen LogP contribution in [0, 0.1) is 13.7 Å². The molecule has 0 aliphatic heterocycles. The number of halogens is 1. The average Bonchev–Trinajstić information content (AvgIpc) is 2.82. The smallest absolute Gasteiger partial charge is 0.276 e. The molecular weight excluding hydrogens is 361 g/mol. The maximum atomic E-state index is 10.9. The van der Waals surface area contributed by atoms with Crippen LogP contribution in [0.15, 0.2) is 24.5 Å². The number of nitrogens with zero attached hydrogens (tertiary/aromatic N) is 4. The van der Waals surface area contributed by atoms with Crippen molar-refractivity contribution in [2.45, 2.75) is 13.3 Å². The number of nitro groups is 1. The Balaban J connectivity index is 2.41. The molecule has 2 heterocycles. The molecule has 0 aromatic carbocycles. The zero-order valence-electron chi connectivity index (χ0n) is 10.2. The molecule has 1 N–H and O–H groups in total. The van der Waals surface area contributed by atoms with Crippen LogP contribution in [0.3, 0.4) is 0 Å². The van der Waals surface area contributed by atoms with Gasteiger partial charge in [0, 0.05) is 12.7 Å². The summed E-state index contributed by atoms with van der Waals surface area (Å²) in [6.45, 7) is 2.73. The molecule has 2 aromatic heterocycles. The highest BCUT2D eigenvalue weighted by atomic mass is 127. The fourth-order valence-corrected chi connectivity index (χ4v) is 1.88. The molecule has 0 unspecified atom stereocenters. The lowest BCUT2D eigenvalue weighted by Gasteiger charge is -2.06. The summed E-state index contributed by atoms with van der Waals surface area (Å²) in [6.07, 6.45) is 4.34. The van der Waals surface area contributed by atoms with Crippen molar-refractivity contribution in [1.82, 2.24) is 14.8 Å². The molecule has 0 bridgehead atoms.